The van der Waals surface area contributed by atoms with Gasteiger partial charge < -0.3 is 4.74 Å². The van der Waals surface area contributed by atoms with Crippen LogP contribution in [0.2, 0.25) is 0 Å². The molecule has 4 heteroatoms. The van der Waals surface area contributed by atoms with Crippen LogP contribution in [-0.2, 0) is 4.74 Å². The van der Waals surface area contributed by atoms with E-state index >= 15 is 0 Å². The van der Waals surface area contributed by atoms with Gasteiger partial charge in [-0.1, -0.05) is 0 Å². The largest absolute Gasteiger partial charge is 0.462 e. The highest BCUT2D eigenvalue weighted by Gasteiger charge is 2.10. The number of hydrogen-bond donors (Lipinski definition) is 0. The molecular weight excluding hydrogens is 234 g/mol. The van der Waals surface area contributed by atoms with Crippen molar-refractivity contribution in [3.8, 4) is 0 Å². The standard InChI is InChI=1S/C9H10BrNO2/c1-3-13-9(12)7-4-8(10)11-5-6(7)2/h4-5H,3H2,1-2H3. The van der Waals surface area contributed by atoms with Crippen LogP contribution in [0.15, 0.2) is 16.9 Å². The van der Waals surface area contributed by atoms with Crippen molar-refractivity contribution in [3.63, 3.8) is 0 Å². The number of halogens is 1. The molecule has 1 heterocycles. The highest BCUT2D eigenvalue weighted by Crippen LogP contribution is 2.13. The number of nitrogens with zero attached hydrogens (tertiary/aromatic N) is 1. The number of carbonyl (C=O) groups excluding carboxylic acids is 1. The molecule has 13 heavy (non-hydrogen) atoms. The van der Waals surface area contributed by atoms with E-state index in [-0.39, 0.29) is 5.97 Å². The third kappa shape index (κ3) is 2.52. The number of aryl methyl sites for hydroxylation is 1. The quantitative estimate of drug-likeness (QED) is 0.592. The van der Waals surface area contributed by atoms with Crippen LogP contribution in [0.5, 0.6) is 0 Å². The first-order valence-electron chi connectivity index (χ1n) is 3.94. The molecule has 0 saturated carbocycles. The Labute approximate surface area is 85.3 Å². The lowest BCUT2D eigenvalue weighted by atomic mass is 10.2. The minimum absolute atomic E-state index is 0.303. The van der Waals surface area contributed by atoms with Crippen LogP contribution >= 0.6 is 15.9 Å². The molecule has 0 aliphatic heterocycles. The Morgan fingerprint density at radius 1 is 1.69 bits per heavy atom. The lowest BCUT2D eigenvalue weighted by Crippen LogP contribution is -2.07. The Kier molecular flexibility index (Phi) is 3.42. The molecule has 0 bridgehead atoms. The lowest BCUT2D eigenvalue weighted by Gasteiger charge is -2.04. The number of rotatable bonds is 2. The molecule has 1 aromatic heterocycles. The number of hydrogen-bond acceptors (Lipinski definition) is 3. The summed E-state index contributed by atoms with van der Waals surface area (Å²) < 4.78 is 5.52. The molecule has 0 atom stereocenters. The van der Waals surface area contributed by atoms with E-state index in [4.69, 9.17) is 4.74 Å². The number of pyridine rings is 1. The number of ether oxygens (including phenoxy) is 1. The van der Waals surface area contributed by atoms with Crippen LogP contribution in [0.1, 0.15) is 22.8 Å². The zero-order chi connectivity index (χ0) is 9.84. The predicted molar refractivity (Wildman–Crippen MR) is 52.6 cm³/mol. The van der Waals surface area contributed by atoms with Crippen molar-refractivity contribution in [1.82, 2.24) is 4.98 Å². The van der Waals surface area contributed by atoms with Crippen LogP contribution in [0.3, 0.4) is 0 Å². The highest BCUT2D eigenvalue weighted by atomic mass is 79.9. The minimum Gasteiger partial charge on any atom is -0.462 e. The van der Waals surface area contributed by atoms with E-state index in [1.807, 2.05) is 6.92 Å². The summed E-state index contributed by atoms with van der Waals surface area (Å²) in [5.74, 6) is -0.303. The lowest BCUT2D eigenvalue weighted by molar-refractivity contribution is 0.0525. The third-order valence-electron chi connectivity index (χ3n) is 1.57. The van der Waals surface area contributed by atoms with Gasteiger partial charge in [0.25, 0.3) is 0 Å². The molecule has 0 aliphatic rings. The fourth-order valence-corrected chi connectivity index (χ4v) is 1.26. The van der Waals surface area contributed by atoms with Gasteiger partial charge in [-0.2, -0.15) is 0 Å². The minimum atomic E-state index is -0.303. The molecule has 0 N–H and O–H groups in total. The van der Waals surface area contributed by atoms with E-state index in [1.54, 1.807) is 19.2 Å². The average molecular weight is 244 g/mol. The van der Waals surface area contributed by atoms with Crippen molar-refractivity contribution in [2.75, 3.05) is 6.61 Å². The molecule has 0 aromatic carbocycles. The second-order valence-corrected chi connectivity index (χ2v) is 3.35. The Bertz CT molecular complexity index is 325. The van der Waals surface area contributed by atoms with E-state index in [1.165, 1.54) is 0 Å². The van der Waals surface area contributed by atoms with Gasteiger partial charge in [0, 0.05) is 6.20 Å². The highest BCUT2D eigenvalue weighted by molar-refractivity contribution is 9.10. The van der Waals surface area contributed by atoms with Gasteiger partial charge in [0.15, 0.2) is 0 Å². The Morgan fingerprint density at radius 2 is 2.38 bits per heavy atom. The number of aromatic nitrogens is 1. The first-order valence-corrected chi connectivity index (χ1v) is 4.73. The van der Waals surface area contributed by atoms with E-state index in [0.717, 1.165) is 5.56 Å². The molecule has 0 aliphatic carbocycles. The van der Waals surface area contributed by atoms with Crippen LogP contribution in [0.4, 0.5) is 0 Å². The van der Waals surface area contributed by atoms with Gasteiger partial charge in [0.05, 0.1) is 12.2 Å². The first kappa shape index (κ1) is 10.2. The van der Waals surface area contributed by atoms with Crippen LogP contribution < -0.4 is 0 Å². The predicted octanol–water partition coefficient (Wildman–Crippen LogP) is 2.33. The summed E-state index contributed by atoms with van der Waals surface area (Å²) in [6, 6.07) is 1.66. The maximum Gasteiger partial charge on any atom is 0.338 e. The molecule has 0 saturated heterocycles. The van der Waals surface area contributed by atoms with Crippen molar-refractivity contribution >= 4 is 21.9 Å². The molecule has 0 spiro atoms. The molecule has 1 rings (SSSR count). The van der Waals surface area contributed by atoms with Gasteiger partial charge in [-0.05, 0) is 41.4 Å². The summed E-state index contributed by atoms with van der Waals surface area (Å²) in [4.78, 5) is 15.3. The Balaban J connectivity index is 2.99. The molecule has 70 valence electrons. The maximum absolute atomic E-state index is 11.3. The zero-order valence-electron chi connectivity index (χ0n) is 7.50. The van der Waals surface area contributed by atoms with Crippen molar-refractivity contribution in [1.29, 1.82) is 0 Å². The summed E-state index contributed by atoms with van der Waals surface area (Å²) in [6.07, 6.45) is 1.64. The zero-order valence-corrected chi connectivity index (χ0v) is 9.09. The SMILES string of the molecule is CCOC(=O)c1cc(Br)ncc1C. The van der Waals surface area contributed by atoms with Crippen LogP contribution in [0.25, 0.3) is 0 Å². The van der Waals surface area contributed by atoms with Gasteiger partial charge in [0.2, 0.25) is 0 Å². The third-order valence-corrected chi connectivity index (χ3v) is 2.00. The normalized spacial score (nSPS) is 9.77. The van der Waals surface area contributed by atoms with Crippen molar-refractivity contribution in [3.05, 3.63) is 28.0 Å². The Morgan fingerprint density at radius 3 is 3.00 bits per heavy atom. The molecular formula is C9H10BrNO2. The molecule has 0 unspecified atom stereocenters. The van der Waals surface area contributed by atoms with E-state index in [9.17, 15) is 4.79 Å². The Hall–Kier alpha value is -0.900. The van der Waals surface area contributed by atoms with Gasteiger partial charge in [-0.3, -0.25) is 0 Å². The van der Waals surface area contributed by atoms with Crippen molar-refractivity contribution < 1.29 is 9.53 Å². The summed E-state index contributed by atoms with van der Waals surface area (Å²) >= 11 is 3.20. The molecule has 0 amide bonds. The number of carbonyl (C=O) groups is 1. The van der Waals surface area contributed by atoms with Crippen LogP contribution in [0, 0.1) is 6.92 Å². The monoisotopic (exact) mass is 243 g/mol. The van der Waals surface area contributed by atoms with Gasteiger partial charge >= 0.3 is 5.97 Å². The van der Waals surface area contributed by atoms with E-state index in [2.05, 4.69) is 20.9 Å². The molecule has 3 nitrogen and oxygen atoms in total. The summed E-state index contributed by atoms with van der Waals surface area (Å²) in [6.45, 7) is 3.99. The topological polar surface area (TPSA) is 39.2 Å². The number of esters is 1. The first-order chi connectivity index (χ1) is 6.15. The van der Waals surface area contributed by atoms with Gasteiger partial charge in [0.1, 0.15) is 4.60 Å². The maximum atomic E-state index is 11.3. The summed E-state index contributed by atoms with van der Waals surface area (Å²) in [5, 5.41) is 0. The summed E-state index contributed by atoms with van der Waals surface area (Å²) in [7, 11) is 0. The van der Waals surface area contributed by atoms with Gasteiger partial charge in [-0.15, -0.1) is 0 Å². The van der Waals surface area contributed by atoms with Crippen molar-refractivity contribution in [2.24, 2.45) is 0 Å². The van der Waals surface area contributed by atoms with E-state index < -0.39 is 0 Å². The fraction of sp³-hybridized carbons (Fsp3) is 0.333. The molecule has 0 fully saturated rings. The van der Waals surface area contributed by atoms with Crippen molar-refractivity contribution in [2.45, 2.75) is 13.8 Å². The average Bonchev–Trinajstić information content (AvgIpc) is 2.09. The second kappa shape index (κ2) is 4.37. The summed E-state index contributed by atoms with van der Waals surface area (Å²) in [5.41, 5.74) is 1.38. The van der Waals surface area contributed by atoms with Crippen LogP contribution in [-0.4, -0.2) is 17.6 Å². The second-order valence-electron chi connectivity index (χ2n) is 2.54. The van der Waals surface area contributed by atoms with Gasteiger partial charge in [-0.25, -0.2) is 9.78 Å². The fourth-order valence-electron chi connectivity index (χ4n) is 0.927. The molecule has 1 aromatic rings. The van der Waals surface area contributed by atoms with E-state index in [0.29, 0.717) is 16.8 Å². The smallest absolute Gasteiger partial charge is 0.338 e. The molecule has 0 radical (unpaired) electrons.